The molecule has 1 amide bonds. The Morgan fingerprint density at radius 2 is 1.71 bits per heavy atom. The summed E-state index contributed by atoms with van der Waals surface area (Å²) in [5.41, 5.74) is 1.85. The van der Waals surface area contributed by atoms with Crippen LogP contribution < -0.4 is 5.32 Å². The van der Waals surface area contributed by atoms with Gasteiger partial charge in [-0.2, -0.15) is 17.0 Å². The molecule has 0 bridgehead atoms. The normalized spacial score (nSPS) is 17.2. The monoisotopic (exact) mass is 401 g/mol. The Morgan fingerprint density at radius 3 is 2.43 bits per heavy atom. The highest BCUT2D eigenvalue weighted by Gasteiger charge is 2.34. The van der Waals surface area contributed by atoms with Crippen molar-refractivity contribution >= 4 is 27.6 Å². The second-order valence-corrected chi connectivity index (χ2v) is 8.63. The van der Waals surface area contributed by atoms with Crippen LogP contribution in [0.4, 0.5) is 5.69 Å². The van der Waals surface area contributed by atoms with Crippen LogP contribution in [0.25, 0.3) is 0 Å². The summed E-state index contributed by atoms with van der Waals surface area (Å²) in [4.78, 5) is 23.9. The molecule has 0 saturated carbocycles. The number of anilines is 1. The summed E-state index contributed by atoms with van der Waals surface area (Å²) in [6.07, 6.45) is 0.652. The van der Waals surface area contributed by atoms with Crippen LogP contribution in [0.1, 0.15) is 29.3 Å². The molecule has 0 aliphatic carbocycles. The van der Waals surface area contributed by atoms with E-state index in [1.165, 1.54) is 15.5 Å². The van der Waals surface area contributed by atoms with E-state index in [0.717, 1.165) is 5.56 Å². The summed E-state index contributed by atoms with van der Waals surface area (Å²) >= 11 is 0. The maximum absolute atomic E-state index is 12.9. The van der Waals surface area contributed by atoms with Gasteiger partial charge in [0.25, 0.3) is 10.2 Å². The predicted molar refractivity (Wildman–Crippen MR) is 107 cm³/mol. The van der Waals surface area contributed by atoms with Crippen LogP contribution in [0.5, 0.6) is 0 Å². The third-order valence-corrected chi connectivity index (χ3v) is 6.47. The Labute approximate surface area is 165 Å². The Kier molecular flexibility index (Phi) is 6.23. The largest absolute Gasteiger partial charge is 0.325 e. The van der Waals surface area contributed by atoms with Crippen LogP contribution in [0.3, 0.4) is 0 Å². The minimum absolute atomic E-state index is 0.105. The number of ketones is 1. The number of rotatable bonds is 6. The molecule has 0 spiro atoms. The number of benzene rings is 2. The summed E-state index contributed by atoms with van der Waals surface area (Å²) in [5.74, 6) is -0.544. The van der Waals surface area contributed by atoms with E-state index in [1.54, 1.807) is 24.3 Å². The molecule has 148 valence electrons. The molecule has 0 atom stereocenters. The minimum Gasteiger partial charge on any atom is -0.325 e. The van der Waals surface area contributed by atoms with Crippen molar-refractivity contribution in [2.45, 2.75) is 19.9 Å². The molecule has 2 aromatic rings. The molecule has 1 heterocycles. The fourth-order valence-corrected chi connectivity index (χ4v) is 4.74. The van der Waals surface area contributed by atoms with Crippen LogP contribution >= 0.6 is 0 Å². The van der Waals surface area contributed by atoms with Crippen molar-refractivity contribution in [2.24, 2.45) is 0 Å². The average Bonchev–Trinajstić information content (AvgIpc) is 2.66. The molecule has 1 aliphatic rings. The van der Waals surface area contributed by atoms with E-state index >= 15 is 0 Å². The van der Waals surface area contributed by atoms with E-state index in [2.05, 4.69) is 5.32 Å². The van der Waals surface area contributed by atoms with Gasteiger partial charge in [-0.3, -0.25) is 9.59 Å². The highest BCUT2D eigenvalue weighted by atomic mass is 32.2. The number of hydrogen-bond donors (Lipinski definition) is 1. The standard InChI is InChI=1S/C20H23N3O4S/c1-16(24)18-9-5-10-19(13-18)21-20(25)15-23-12-6-11-22(28(23,26)27)14-17-7-3-2-4-8-17/h2-5,7-10,13H,6,11-12,14-15H2,1H3,(H,21,25). The highest BCUT2D eigenvalue weighted by molar-refractivity contribution is 7.86. The number of Topliss-reactive ketones (excluding diaryl/α,β-unsaturated/α-hetero) is 1. The van der Waals surface area contributed by atoms with Gasteiger partial charge in [-0.25, -0.2) is 0 Å². The molecule has 1 aliphatic heterocycles. The topological polar surface area (TPSA) is 86.8 Å². The number of nitrogens with one attached hydrogen (secondary N) is 1. The SMILES string of the molecule is CC(=O)c1cccc(NC(=O)CN2CCCN(Cc3ccccc3)S2(=O)=O)c1. The highest BCUT2D eigenvalue weighted by Crippen LogP contribution is 2.19. The number of nitrogens with zero attached hydrogens (tertiary/aromatic N) is 2. The molecule has 28 heavy (non-hydrogen) atoms. The molecular formula is C20H23N3O4S. The first-order chi connectivity index (χ1) is 13.4. The lowest BCUT2D eigenvalue weighted by Gasteiger charge is -2.34. The van der Waals surface area contributed by atoms with E-state index in [1.807, 2.05) is 30.3 Å². The zero-order valence-corrected chi connectivity index (χ0v) is 16.5. The zero-order chi connectivity index (χ0) is 20.1. The van der Waals surface area contributed by atoms with Gasteiger partial charge in [0.05, 0.1) is 6.54 Å². The Morgan fingerprint density at radius 1 is 1.00 bits per heavy atom. The van der Waals surface area contributed by atoms with Crippen molar-refractivity contribution < 1.29 is 18.0 Å². The smallest absolute Gasteiger partial charge is 0.282 e. The summed E-state index contributed by atoms with van der Waals surface area (Å²) < 4.78 is 28.3. The van der Waals surface area contributed by atoms with E-state index in [9.17, 15) is 18.0 Å². The second-order valence-electron chi connectivity index (χ2n) is 6.70. The lowest BCUT2D eigenvalue weighted by atomic mass is 10.1. The Bertz CT molecular complexity index is 960. The van der Waals surface area contributed by atoms with Crippen molar-refractivity contribution in [1.82, 2.24) is 8.61 Å². The van der Waals surface area contributed by atoms with Crippen LogP contribution in [-0.4, -0.2) is 48.4 Å². The molecule has 1 N–H and O–H groups in total. The molecular weight excluding hydrogens is 378 g/mol. The van der Waals surface area contributed by atoms with Gasteiger partial charge < -0.3 is 5.32 Å². The molecule has 0 unspecified atom stereocenters. The lowest BCUT2D eigenvalue weighted by molar-refractivity contribution is -0.116. The second kappa shape index (κ2) is 8.64. The van der Waals surface area contributed by atoms with Gasteiger partial charge in [-0.1, -0.05) is 42.5 Å². The molecule has 1 saturated heterocycles. The fourth-order valence-electron chi connectivity index (χ4n) is 3.10. The molecule has 3 rings (SSSR count). The summed E-state index contributed by atoms with van der Waals surface area (Å²) in [5, 5.41) is 2.67. The Hall–Kier alpha value is -2.55. The van der Waals surface area contributed by atoms with Gasteiger partial charge in [-0.15, -0.1) is 0 Å². The number of carbonyl (C=O) groups excluding carboxylic acids is 2. The van der Waals surface area contributed by atoms with E-state index in [-0.39, 0.29) is 18.9 Å². The zero-order valence-electron chi connectivity index (χ0n) is 15.7. The van der Waals surface area contributed by atoms with Gasteiger partial charge in [0.1, 0.15) is 0 Å². The molecule has 2 aromatic carbocycles. The van der Waals surface area contributed by atoms with E-state index in [4.69, 9.17) is 0 Å². The number of carbonyl (C=O) groups is 2. The van der Waals surface area contributed by atoms with Crippen molar-refractivity contribution in [3.63, 3.8) is 0 Å². The quantitative estimate of drug-likeness (QED) is 0.753. The average molecular weight is 401 g/mol. The molecule has 1 fully saturated rings. The lowest BCUT2D eigenvalue weighted by Crippen LogP contribution is -2.51. The summed E-state index contributed by atoms with van der Waals surface area (Å²) in [6, 6.07) is 15.9. The van der Waals surface area contributed by atoms with Gasteiger partial charge >= 0.3 is 0 Å². The van der Waals surface area contributed by atoms with Gasteiger partial charge in [0.15, 0.2) is 5.78 Å². The molecule has 0 radical (unpaired) electrons. The van der Waals surface area contributed by atoms with Gasteiger partial charge in [0, 0.05) is 30.9 Å². The number of amides is 1. The minimum atomic E-state index is -3.72. The van der Waals surface area contributed by atoms with E-state index < -0.39 is 16.1 Å². The van der Waals surface area contributed by atoms with E-state index in [0.29, 0.717) is 30.8 Å². The van der Waals surface area contributed by atoms with Gasteiger partial charge in [0.2, 0.25) is 5.91 Å². The first-order valence-corrected chi connectivity index (χ1v) is 10.5. The number of hydrogen-bond acceptors (Lipinski definition) is 4. The first-order valence-electron chi connectivity index (χ1n) is 9.06. The third-order valence-electron chi connectivity index (χ3n) is 4.54. The van der Waals surface area contributed by atoms with Crippen LogP contribution in [0.2, 0.25) is 0 Å². The van der Waals surface area contributed by atoms with Crippen molar-refractivity contribution in [3.8, 4) is 0 Å². The first kappa shape index (κ1) is 20.2. The predicted octanol–water partition coefficient (Wildman–Crippen LogP) is 2.28. The van der Waals surface area contributed by atoms with Crippen LogP contribution in [0, 0.1) is 0 Å². The van der Waals surface area contributed by atoms with Crippen molar-refractivity contribution in [2.75, 3.05) is 25.0 Å². The fraction of sp³-hybridized carbons (Fsp3) is 0.300. The van der Waals surface area contributed by atoms with Gasteiger partial charge in [-0.05, 0) is 31.0 Å². The molecule has 7 nitrogen and oxygen atoms in total. The maximum atomic E-state index is 12.9. The Balaban J connectivity index is 1.66. The van der Waals surface area contributed by atoms with Crippen molar-refractivity contribution in [3.05, 3.63) is 65.7 Å². The van der Waals surface area contributed by atoms with Crippen LogP contribution in [0.15, 0.2) is 54.6 Å². The molecule has 8 heteroatoms. The van der Waals surface area contributed by atoms with Crippen LogP contribution in [-0.2, 0) is 21.5 Å². The maximum Gasteiger partial charge on any atom is 0.282 e. The molecule has 0 aromatic heterocycles. The summed E-state index contributed by atoms with van der Waals surface area (Å²) in [7, 11) is -3.72. The summed E-state index contributed by atoms with van der Waals surface area (Å²) in [6.45, 7) is 2.19. The van der Waals surface area contributed by atoms with Crippen molar-refractivity contribution in [1.29, 1.82) is 0 Å². The third kappa shape index (κ3) is 4.83.